The molecule has 0 bridgehead atoms. The lowest BCUT2D eigenvalue weighted by Gasteiger charge is -2.21. The predicted octanol–water partition coefficient (Wildman–Crippen LogP) is 13.1. The molecule has 0 spiro atoms. The molecule has 6 aromatic carbocycles. The molecule has 3 unspecified atom stereocenters. The molecule has 1 aromatic heterocycles. The van der Waals surface area contributed by atoms with Gasteiger partial charge in [0.25, 0.3) is 0 Å². The van der Waals surface area contributed by atoms with Gasteiger partial charge in [-0.3, -0.25) is 4.99 Å². The Bertz CT molecular complexity index is 3050. The molecule has 0 saturated carbocycles. The number of amidine groups is 1. The first-order valence-corrected chi connectivity index (χ1v) is 20.8. The number of benzene rings is 6. The Labute approximate surface area is 347 Å². The van der Waals surface area contributed by atoms with E-state index in [1.54, 1.807) is 0 Å². The third kappa shape index (κ3) is 6.38. The molecule has 1 aliphatic carbocycles. The summed E-state index contributed by atoms with van der Waals surface area (Å²) in [4.78, 5) is 16.8. The highest BCUT2D eigenvalue weighted by atomic mass is 32.1. The number of para-hydroxylation sites is 1. The second-order valence-corrected chi connectivity index (χ2v) is 16.3. The normalized spacial score (nSPS) is 19.2. The van der Waals surface area contributed by atoms with E-state index in [2.05, 4.69) is 133 Å². The van der Waals surface area contributed by atoms with Crippen molar-refractivity contribution in [3.63, 3.8) is 0 Å². The number of ether oxygens (including phenoxy) is 1. The van der Waals surface area contributed by atoms with Crippen LogP contribution in [0.15, 0.2) is 215 Å². The van der Waals surface area contributed by atoms with Gasteiger partial charge in [-0.05, 0) is 40.5 Å². The summed E-state index contributed by atoms with van der Waals surface area (Å²) in [6, 6.07) is 54.8. The summed E-state index contributed by atoms with van der Waals surface area (Å²) >= 11 is 1.83. The molecule has 0 amide bonds. The number of hydrogen-bond donors (Lipinski definition) is 0. The van der Waals surface area contributed by atoms with Crippen LogP contribution < -0.4 is 4.74 Å². The Morgan fingerprint density at radius 2 is 1.39 bits per heavy atom. The van der Waals surface area contributed by atoms with E-state index in [9.17, 15) is 0 Å². The molecule has 0 fully saturated rings. The van der Waals surface area contributed by atoms with Crippen molar-refractivity contribution in [3.8, 4) is 5.75 Å². The van der Waals surface area contributed by atoms with Crippen LogP contribution >= 0.6 is 11.3 Å². The Morgan fingerprint density at radius 3 is 2.20 bits per heavy atom. The maximum atomic E-state index is 6.92. The Hall–Kier alpha value is -7.17. The zero-order valence-electron chi connectivity index (χ0n) is 32.1. The minimum Gasteiger partial charge on any atom is -0.484 e. The van der Waals surface area contributed by atoms with Gasteiger partial charge in [-0.2, -0.15) is 0 Å². The van der Waals surface area contributed by atoms with E-state index in [-0.39, 0.29) is 17.9 Å². The summed E-state index contributed by atoms with van der Waals surface area (Å²) in [6.07, 6.45) is 9.33. The molecule has 4 heterocycles. The topological polar surface area (TPSA) is 46.3 Å². The molecule has 11 rings (SSSR count). The van der Waals surface area contributed by atoms with E-state index < -0.39 is 0 Å². The molecule has 3 atom stereocenters. The van der Waals surface area contributed by atoms with E-state index in [0.717, 1.165) is 73.1 Å². The van der Waals surface area contributed by atoms with Crippen LogP contribution in [-0.2, 0) is 0 Å². The summed E-state index contributed by atoms with van der Waals surface area (Å²) in [6.45, 7) is 4.73. The summed E-state index contributed by atoms with van der Waals surface area (Å²) in [5, 5.41) is 1.19. The monoisotopic (exact) mass is 775 g/mol. The van der Waals surface area contributed by atoms with Crippen LogP contribution in [0.2, 0.25) is 0 Å². The highest BCUT2D eigenvalue weighted by Gasteiger charge is 2.36. The third-order valence-electron chi connectivity index (χ3n) is 11.6. The van der Waals surface area contributed by atoms with Crippen molar-refractivity contribution in [1.29, 1.82) is 0 Å². The standard InChI is InChI=1S/C54H37N3OS/c1-34-31-47(36-17-7-3-8-18-36)55-51-44-23-11-12-26-49(44)59-53(51)50(34)40-22-13-21-38(32-40)39-27-28-41-42-24-14-25-43(52(42)58-48(41)33-39)46-30-29-45(35-15-5-2-6-16-35)56-54(57-46)37-19-9-4-10-20-37/h2-28,30,32-33,41,48,50H,1,31H2. The number of thiophene rings is 1. The molecular formula is C54H37N3OS. The lowest BCUT2D eigenvalue weighted by Crippen LogP contribution is -2.17. The fourth-order valence-corrected chi connectivity index (χ4v) is 10.0. The maximum absolute atomic E-state index is 6.92. The minimum atomic E-state index is -0.160. The summed E-state index contributed by atoms with van der Waals surface area (Å²) in [7, 11) is 0. The van der Waals surface area contributed by atoms with Crippen LogP contribution in [0.3, 0.4) is 0 Å². The molecule has 280 valence electrons. The first kappa shape index (κ1) is 35.0. The van der Waals surface area contributed by atoms with E-state index in [0.29, 0.717) is 12.3 Å². The third-order valence-corrected chi connectivity index (χ3v) is 12.8. The maximum Gasteiger partial charge on any atom is 0.161 e. The fourth-order valence-electron chi connectivity index (χ4n) is 8.69. The number of rotatable bonds is 6. The van der Waals surface area contributed by atoms with Crippen LogP contribution in [0.25, 0.3) is 21.4 Å². The lowest BCUT2D eigenvalue weighted by molar-refractivity contribution is 0.269. The van der Waals surface area contributed by atoms with Crippen molar-refractivity contribution in [1.82, 2.24) is 0 Å². The zero-order chi connectivity index (χ0) is 39.3. The van der Waals surface area contributed by atoms with Crippen LogP contribution in [0.1, 0.15) is 62.1 Å². The van der Waals surface area contributed by atoms with Crippen LogP contribution in [0.5, 0.6) is 5.75 Å². The van der Waals surface area contributed by atoms with Gasteiger partial charge in [0, 0.05) is 61.5 Å². The van der Waals surface area contributed by atoms with Gasteiger partial charge in [-0.15, -0.1) is 11.3 Å². The SMILES string of the molecule is C=C1CC(c2ccccc2)=Nc2c(sc3ccccc23)C1c1cccc(C2=CC3Oc4c(C5=NC(c6ccccc6)=NC(c6ccccc6)=C=C5)cccc4C3C=C2)c1. The van der Waals surface area contributed by atoms with Crippen molar-refractivity contribution in [3.05, 3.63) is 244 Å². The summed E-state index contributed by atoms with van der Waals surface area (Å²) in [5.41, 5.74) is 16.9. The predicted molar refractivity (Wildman–Crippen MR) is 245 cm³/mol. The van der Waals surface area contributed by atoms with Crippen LogP contribution in [0.4, 0.5) is 5.69 Å². The van der Waals surface area contributed by atoms with Gasteiger partial charge in [-0.1, -0.05) is 176 Å². The van der Waals surface area contributed by atoms with Crippen molar-refractivity contribution in [2.24, 2.45) is 15.0 Å². The molecule has 4 nitrogen and oxygen atoms in total. The van der Waals surface area contributed by atoms with Crippen LogP contribution in [-0.4, -0.2) is 23.4 Å². The van der Waals surface area contributed by atoms with E-state index >= 15 is 0 Å². The van der Waals surface area contributed by atoms with E-state index in [1.165, 1.54) is 20.5 Å². The molecule has 7 aromatic rings. The number of nitrogens with zero attached hydrogens (tertiary/aromatic N) is 3. The van der Waals surface area contributed by atoms with Crippen molar-refractivity contribution < 1.29 is 4.74 Å². The van der Waals surface area contributed by atoms with Gasteiger partial charge in [0.2, 0.25) is 0 Å². The summed E-state index contributed by atoms with van der Waals surface area (Å²) in [5.74, 6) is 1.59. The Balaban J connectivity index is 0.934. The first-order valence-electron chi connectivity index (χ1n) is 20.0. The molecule has 0 radical (unpaired) electrons. The molecule has 0 saturated heterocycles. The van der Waals surface area contributed by atoms with Gasteiger partial charge in [0.05, 0.1) is 17.1 Å². The largest absolute Gasteiger partial charge is 0.484 e. The van der Waals surface area contributed by atoms with Crippen molar-refractivity contribution in [2.45, 2.75) is 24.4 Å². The number of aliphatic imine (C=N–C) groups is 3. The Kier molecular flexibility index (Phi) is 8.70. The molecule has 5 heteroatoms. The highest BCUT2D eigenvalue weighted by molar-refractivity contribution is 7.20. The quantitative estimate of drug-likeness (QED) is 0.123. The average Bonchev–Trinajstić information content (AvgIpc) is 3.70. The van der Waals surface area contributed by atoms with E-state index in [4.69, 9.17) is 26.3 Å². The lowest BCUT2D eigenvalue weighted by atomic mass is 9.84. The minimum absolute atomic E-state index is 0.0111. The van der Waals surface area contributed by atoms with Crippen molar-refractivity contribution in [2.75, 3.05) is 0 Å². The van der Waals surface area contributed by atoms with E-state index in [1.807, 2.05) is 65.9 Å². The van der Waals surface area contributed by atoms with Gasteiger partial charge < -0.3 is 4.74 Å². The number of fused-ring (bicyclic) bond motifs is 6. The second-order valence-electron chi connectivity index (χ2n) is 15.2. The molecule has 4 aliphatic rings. The van der Waals surface area contributed by atoms with Gasteiger partial charge >= 0.3 is 0 Å². The molecular weight excluding hydrogens is 739 g/mol. The average molecular weight is 776 g/mol. The number of hydrogen-bond acceptors (Lipinski definition) is 5. The van der Waals surface area contributed by atoms with Crippen LogP contribution in [0, 0.1) is 0 Å². The highest BCUT2D eigenvalue weighted by Crippen LogP contribution is 2.50. The first-order chi connectivity index (χ1) is 29.1. The zero-order valence-corrected chi connectivity index (χ0v) is 32.9. The van der Waals surface area contributed by atoms with Gasteiger partial charge in [0.1, 0.15) is 17.6 Å². The van der Waals surface area contributed by atoms with Gasteiger partial charge in [-0.25, -0.2) is 9.98 Å². The fraction of sp³-hybridized carbons (Fsp3) is 0.0741. The molecule has 59 heavy (non-hydrogen) atoms. The number of allylic oxidation sites excluding steroid dienone is 4. The molecule has 0 N–H and O–H groups in total. The molecule has 3 aliphatic heterocycles. The van der Waals surface area contributed by atoms with Gasteiger partial charge in [0.15, 0.2) is 5.84 Å². The Morgan fingerprint density at radius 1 is 0.678 bits per heavy atom. The second kappa shape index (κ2) is 14.6. The summed E-state index contributed by atoms with van der Waals surface area (Å²) < 4.78 is 8.17. The van der Waals surface area contributed by atoms with Crippen molar-refractivity contribution >= 4 is 55.6 Å². The smallest absolute Gasteiger partial charge is 0.161 e.